The average Bonchev–Trinajstić information content (AvgIpc) is 2.69. The lowest BCUT2D eigenvalue weighted by Gasteiger charge is -2.05. The minimum absolute atomic E-state index is 0.147. The minimum Gasteiger partial charge on any atom is -0.397 e. The molecule has 4 nitrogen and oxygen atoms in total. The van der Waals surface area contributed by atoms with Crippen LogP contribution in [0.4, 0.5) is 15.8 Å². The first-order chi connectivity index (χ1) is 8.06. The lowest BCUT2D eigenvalue weighted by molar-refractivity contribution is 0.102. The van der Waals surface area contributed by atoms with Crippen molar-refractivity contribution in [1.82, 2.24) is 4.98 Å². The molecule has 88 valence electrons. The van der Waals surface area contributed by atoms with Gasteiger partial charge in [-0.15, -0.1) is 0 Å². The van der Waals surface area contributed by atoms with Crippen LogP contribution >= 0.6 is 0 Å². The second-order valence-electron chi connectivity index (χ2n) is 3.78. The van der Waals surface area contributed by atoms with Crippen LogP contribution in [0.3, 0.4) is 0 Å². The number of aryl methyl sites for hydroxylation is 1. The van der Waals surface area contributed by atoms with Gasteiger partial charge < -0.3 is 16.0 Å². The smallest absolute Gasteiger partial charge is 0.272 e. The van der Waals surface area contributed by atoms with E-state index in [-0.39, 0.29) is 5.69 Å². The fourth-order valence-corrected chi connectivity index (χ4v) is 1.45. The van der Waals surface area contributed by atoms with Crippen LogP contribution in [0.25, 0.3) is 0 Å². The van der Waals surface area contributed by atoms with Gasteiger partial charge in [0.1, 0.15) is 11.5 Å². The second kappa shape index (κ2) is 4.29. The van der Waals surface area contributed by atoms with Crippen molar-refractivity contribution in [2.75, 3.05) is 11.1 Å². The highest BCUT2D eigenvalue weighted by molar-refractivity contribution is 6.03. The summed E-state index contributed by atoms with van der Waals surface area (Å²) in [5.74, 6) is -0.887. The highest BCUT2D eigenvalue weighted by Crippen LogP contribution is 2.16. The van der Waals surface area contributed by atoms with E-state index in [4.69, 9.17) is 5.73 Å². The monoisotopic (exact) mass is 233 g/mol. The molecule has 0 aliphatic heterocycles. The van der Waals surface area contributed by atoms with Crippen molar-refractivity contribution in [3.05, 3.63) is 47.5 Å². The molecule has 0 spiro atoms. The Morgan fingerprint density at radius 1 is 1.41 bits per heavy atom. The predicted octanol–water partition coefficient (Wildman–Crippen LogP) is 2.30. The second-order valence-corrected chi connectivity index (χ2v) is 3.78. The number of benzene rings is 1. The van der Waals surface area contributed by atoms with Crippen LogP contribution in [-0.2, 0) is 0 Å². The number of amides is 1. The number of H-pyrrole nitrogens is 1. The predicted molar refractivity (Wildman–Crippen MR) is 64.3 cm³/mol. The summed E-state index contributed by atoms with van der Waals surface area (Å²) in [6.07, 6.45) is 1.50. The molecule has 0 saturated carbocycles. The van der Waals surface area contributed by atoms with Gasteiger partial charge in [-0.05, 0) is 30.7 Å². The third-order valence-corrected chi connectivity index (χ3v) is 2.32. The number of aromatic amines is 1. The van der Waals surface area contributed by atoms with Gasteiger partial charge in [0.25, 0.3) is 5.91 Å². The van der Waals surface area contributed by atoms with E-state index in [2.05, 4.69) is 10.3 Å². The molecule has 0 radical (unpaired) electrons. The Hall–Kier alpha value is -2.30. The molecule has 17 heavy (non-hydrogen) atoms. The Labute approximate surface area is 97.6 Å². The summed E-state index contributed by atoms with van der Waals surface area (Å²) in [5, 5.41) is 2.47. The van der Waals surface area contributed by atoms with Gasteiger partial charge in [-0.2, -0.15) is 0 Å². The van der Waals surface area contributed by atoms with E-state index < -0.39 is 11.7 Å². The maximum absolute atomic E-state index is 13.5. The van der Waals surface area contributed by atoms with Gasteiger partial charge >= 0.3 is 0 Å². The number of nitrogen functional groups attached to an aromatic ring is 1. The van der Waals surface area contributed by atoms with Gasteiger partial charge in [0.05, 0.1) is 5.69 Å². The number of halogens is 1. The Bertz CT molecular complexity index is 563. The molecule has 0 unspecified atom stereocenters. The zero-order valence-electron chi connectivity index (χ0n) is 9.25. The number of nitrogens with two attached hydrogens (primary N) is 1. The van der Waals surface area contributed by atoms with Gasteiger partial charge in [0.2, 0.25) is 0 Å². The fourth-order valence-electron chi connectivity index (χ4n) is 1.45. The molecule has 0 aliphatic rings. The molecule has 1 aromatic heterocycles. The number of anilines is 2. The molecule has 0 bridgehead atoms. The first-order valence-corrected chi connectivity index (χ1v) is 5.07. The molecule has 0 atom stereocenters. The molecular weight excluding hydrogens is 221 g/mol. The van der Waals surface area contributed by atoms with Gasteiger partial charge in [0.15, 0.2) is 0 Å². The van der Waals surface area contributed by atoms with E-state index in [0.717, 1.165) is 5.56 Å². The van der Waals surface area contributed by atoms with Crippen molar-refractivity contribution in [1.29, 1.82) is 0 Å². The number of nitrogens with one attached hydrogen (secondary N) is 2. The van der Waals surface area contributed by atoms with Gasteiger partial charge in [-0.1, -0.05) is 6.07 Å². The van der Waals surface area contributed by atoms with Crippen molar-refractivity contribution in [2.45, 2.75) is 6.92 Å². The van der Waals surface area contributed by atoms with Crippen molar-refractivity contribution >= 4 is 17.3 Å². The summed E-state index contributed by atoms with van der Waals surface area (Å²) in [6.45, 7) is 1.78. The highest BCUT2D eigenvalue weighted by atomic mass is 19.1. The van der Waals surface area contributed by atoms with E-state index in [1.807, 2.05) is 0 Å². The fraction of sp³-hybridized carbons (Fsp3) is 0.0833. The number of carbonyl (C=O) groups is 1. The first-order valence-electron chi connectivity index (χ1n) is 5.07. The summed E-state index contributed by atoms with van der Waals surface area (Å²) in [4.78, 5) is 14.4. The molecule has 0 fully saturated rings. The maximum Gasteiger partial charge on any atom is 0.272 e. The number of hydrogen-bond donors (Lipinski definition) is 3. The first kappa shape index (κ1) is 11.2. The van der Waals surface area contributed by atoms with E-state index in [0.29, 0.717) is 11.4 Å². The van der Waals surface area contributed by atoms with Gasteiger partial charge in [-0.25, -0.2) is 4.39 Å². The SMILES string of the molecule is Cc1ccc(NC(=O)c2cc(N)c[nH]2)c(F)c1. The van der Waals surface area contributed by atoms with Crippen molar-refractivity contribution in [3.8, 4) is 0 Å². The normalized spacial score (nSPS) is 10.2. The Morgan fingerprint density at radius 3 is 2.76 bits per heavy atom. The van der Waals surface area contributed by atoms with E-state index in [1.165, 1.54) is 24.4 Å². The minimum atomic E-state index is -0.460. The number of rotatable bonds is 2. The standard InChI is InChI=1S/C12H12FN3O/c1-7-2-3-10(9(13)4-7)16-12(17)11-5-8(14)6-15-11/h2-6,15H,14H2,1H3,(H,16,17). The van der Waals surface area contributed by atoms with Crippen molar-refractivity contribution in [2.24, 2.45) is 0 Å². The molecule has 0 saturated heterocycles. The molecule has 5 heteroatoms. The summed E-state index contributed by atoms with van der Waals surface area (Å²) in [7, 11) is 0. The van der Waals surface area contributed by atoms with Crippen LogP contribution in [0, 0.1) is 12.7 Å². The summed E-state index contributed by atoms with van der Waals surface area (Å²) < 4.78 is 13.5. The Balaban J connectivity index is 2.18. The van der Waals surface area contributed by atoms with Crippen LogP contribution < -0.4 is 11.1 Å². The summed E-state index contributed by atoms with van der Waals surface area (Å²) in [5.41, 5.74) is 7.17. The van der Waals surface area contributed by atoms with Crippen molar-refractivity contribution < 1.29 is 9.18 Å². The topological polar surface area (TPSA) is 70.9 Å². The molecule has 1 aromatic carbocycles. The van der Waals surface area contributed by atoms with Gasteiger partial charge in [0, 0.05) is 11.9 Å². The average molecular weight is 233 g/mol. The highest BCUT2D eigenvalue weighted by Gasteiger charge is 2.10. The molecule has 2 rings (SSSR count). The van der Waals surface area contributed by atoms with Crippen LogP contribution in [-0.4, -0.2) is 10.9 Å². The molecule has 1 amide bonds. The Morgan fingerprint density at radius 2 is 2.18 bits per heavy atom. The largest absolute Gasteiger partial charge is 0.397 e. The molecule has 4 N–H and O–H groups in total. The van der Waals surface area contributed by atoms with Crippen LogP contribution in [0.1, 0.15) is 16.1 Å². The van der Waals surface area contributed by atoms with Crippen molar-refractivity contribution in [3.63, 3.8) is 0 Å². The molecule has 0 aliphatic carbocycles. The van der Waals surface area contributed by atoms with Crippen LogP contribution in [0.2, 0.25) is 0 Å². The molecular formula is C12H12FN3O. The summed E-state index contributed by atoms with van der Waals surface area (Å²) in [6, 6.07) is 6.09. The zero-order valence-corrected chi connectivity index (χ0v) is 9.25. The van der Waals surface area contributed by atoms with Crippen LogP contribution in [0.5, 0.6) is 0 Å². The van der Waals surface area contributed by atoms with E-state index in [9.17, 15) is 9.18 Å². The van der Waals surface area contributed by atoms with E-state index in [1.54, 1.807) is 13.0 Å². The zero-order chi connectivity index (χ0) is 12.4. The third kappa shape index (κ3) is 2.44. The maximum atomic E-state index is 13.5. The number of carbonyl (C=O) groups excluding carboxylic acids is 1. The lowest BCUT2D eigenvalue weighted by Crippen LogP contribution is -2.13. The Kier molecular flexibility index (Phi) is 2.82. The number of hydrogen-bond acceptors (Lipinski definition) is 2. The van der Waals surface area contributed by atoms with E-state index >= 15 is 0 Å². The molecule has 1 heterocycles. The summed E-state index contributed by atoms with van der Waals surface area (Å²) >= 11 is 0. The number of aromatic nitrogens is 1. The van der Waals surface area contributed by atoms with Gasteiger partial charge in [-0.3, -0.25) is 4.79 Å². The molecule has 2 aromatic rings. The quantitative estimate of drug-likeness (QED) is 0.744. The lowest BCUT2D eigenvalue weighted by atomic mass is 10.2. The third-order valence-electron chi connectivity index (χ3n) is 2.32. The van der Waals surface area contributed by atoms with Crippen LogP contribution in [0.15, 0.2) is 30.5 Å².